The van der Waals surface area contributed by atoms with E-state index in [4.69, 9.17) is 17.3 Å². The van der Waals surface area contributed by atoms with Gasteiger partial charge in [0.1, 0.15) is 0 Å². The van der Waals surface area contributed by atoms with Crippen molar-refractivity contribution in [3.63, 3.8) is 0 Å². The molecule has 0 heterocycles. The number of hydrogen-bond acceptors (Lipinski definition) is 2. The van der Waals surface area contributed by atoms with E-state index in [0.29, 0.717) is 16.3 Å². The molecule has 0 aliphatic carbocycles. The Bertz CT molecular complexity index is 675. The van der Waals surface area contributed by atoms with Crippen molar-refractivity contribution in [3.05, 3.63) is 63.1 Å². The fourth-order valence-electron chi connectivity index (χ4n) is 2.08. The Hall–Kier alpha value is -1.52. The first-order valence-corrected chi connectivity index (χ1v) is 7.65. The van der Waals surface area contributed by atoms with E-state index < -0.39 is 0 Å². The van der Waals surface area contributed by atoms with E-state index in [1.54, 1.807) is 30.1 Å². The normalized spacial score (nSPS) is 12.0. The molecule has 21 heavy (non-hydrogen) atoms. The van der Waals surface area contributed by atoms with Crippen LogP contribution >= 0.6 is 27.5 Å². The van der Waals surface area contributed by atoms with Crippen LogP contribution in [-0.2, 0) is 0 Å². The predicted octanol–water partition coefficient (Wildman–Crippen LogP) is 4.52. The van der Waals surface area contributed by atoms with E-state index in [1.807, 2.05) is 31.2 Å². The van der Waals surface area contributed by atoms with Crippen molar-refractivity contribution < 1.29 is 4.79 Å². The molecule has 3 nitrogen and oxygen atoms in total. The molecule has 2 aromatic carbocycles. The molecule has 0 radical (unpaired) electrons. The van der Waals surface area contributed by atoms with Crippen molar-refractivity contribution in [1.29, 1.82) is 0 Å². The molecule has 1 amide bonds. The lowest BCUT2D eigenvalue weighted by Gasteiger charge is -2.26. The SMILES string of the molecule is CC(c1ccccc1Cl)N(C)C(=O)c1ccc(Br)c(N)c1. The van der Waals surface area contributed by atoms with Crippen molar-refractivity contribution in [2.45, 2.75) is 13.0 Å². The van der Waals surface area contributed by atoms with Crippen LogP contribution in [0.2, 0.25) is 5.02 Å². The Balaban J connectivity index is 2.26. The molecule has 1 atom stereocenters. The summed E-state index contributed by atoms with van der Waals surface area (Å²) >= 11 is 9.52. The van der Waals surface area contributed by atoms with Crippen molar-refractivity contribution >= 4 is 39.1 Å². The fraction of sp³-hybridized carbons (Fsp3) is 0.188. The van der Waals surface area contributed by atoms with Crippen molar-refractivity contribution in [2.75, 3.05) is 12.8 Å². The Labute approximate surface area is 137 Å². The van der Waals surface area contributed by atoms with Crippen LogP contribution in [0.25, 0.3) is 0 Å². The molecule has 0 saturated heterocycles. The van der Waals surface area contributed by atoms with Gasteiger partial charge in [0.2, 0.25) is 0 Å². The second-order valence-electron chi connectivity index (χ2n) is 4.85. The number of anilines is 1. The standard InChI is InChI=1S/C16H16BrClN2O/c1-10(12-5-3-4-6-14(12)18)20(2)16(21)11-7-8-13(17)15(19)9-11/h3-10H,19H2,1-2H3. The minimum Gasteiger partial charge on any atom is -0.398 e. The summed E-state index contributed by atoms with van der Waals surface area (Å²) in [6.07, 6.45) is 0. The molecule has 0 aromatic heterocycles. The third kappa shape index (κ3) is 3.39. The number of nitrogen functional groups attached to an aromatic ring is 1. The number of hydrogen-bond donors (Lipinski definition) is 1. The predicted molar refractivity (Wildman–Crippen MR) is 90.5 cm³/mol. The van der Waals surface area contributed by atoms with Crippen LogP contribution in [0.15, 0.2) is 46.9 Å². The third-order valence-corrected chi connectivity index (χ3v) is 4.57. The van der Waals surface area contributed by atoms with Gasteiger partial charge in [-0.2, -0.15) is 0 Å². The molecule has 110 valence electrons. The van der Waals surface area contributed by atoms with Gasteiger partial charge in [0.15, 0.2) is 0 Å². The van der Waals surface area contributed by atoms with Gasteiger partial charge in [0.25, 0.3) is 5.91 Å². The van der Waals surface area contributed by atoms with E-state index in [9.17, 15) is 4.79 Å². The minimum absolute atomic E-state index is 0.0957. The molecule has 0 fully saturated rings. The summed E-state index contributed by atoms with van der Waals surface area (Å²) in [5.74, 6) is -0.0957. The summed E-state index contributed by atoms with van der Waals surface area (Å²) in [7, 11) is 1.76. The Kier molecular flexibility index (Phi) is 4.91. The molecule has 0 spiro atoms. The van der Waals surface area contributed by atoms with Crippen LogP contribution < -0.4 is 5.73 Å². The lowest BCUT2D eigenvalue weighted by atomic mass is 10.1. The average molecular weight is 368 g/mol. The zero-order chi connectivity index (χ0) is 15.6. The summed E-state index contributed by atoms with van der Waals surface area (Å²) in [6.45, 7) is 1.95. The van der Waals surface area contributed by atoms with E-state index in [1.165, 1.54) is 0 Å². The minimum atomic E-state index is -0.129. The van der Waals surface area contributed by atoms with Gasteiger partial charge < -0.3 is 10.6 Å². The Morgan fingerprint density at radius 2 is 1.95 bits per heavy atom. The van der Waals surface area contributed by atoms with E-state index in [2.05, 4.69) is 15.9 Å². The Morgan fingerprint density at radius 3 is 2.57 bits per heavy atom. The quantitative estimate of drug-likeness (QED) is 0.811. The Morgan fingerprint density at radius 1 is 1.29 bits per heavy atom. The monoisotopic (exact) mass is 366 g/mol. The second kappa shape index (κ2) is 6.50. The number of carbonyl (C=O) groups excluding carboxylic acids is 1. The topological polar surface area (TPSA) is 46.3 Å². The van der Waals surface area contributed by atoms with Gasteiger partial charge in [-0.25, -0.2) is 0 Å². The highest BCUT2D eigenvalue weighted by atomic mass is 79.9. The van der Waals surface area contributed by atoms with Crippen LogP contribution in [-0.4, -0.2) is 17.9 Å². The number of rotatable bonds is 3. The first-order chi connectivity index (χ1) is 9.91. The second-order valence-corrected chi connectivity index (χ2v) is 6.11. The van der Waals surface area contributed by atoms with Gasteiger partial charge >= 0.3 is 0 Å². The molecule has 2 aromatic rings. The zero-order valence-corrected chi connectivity index (χ0v) is 14.1. The lowest BCUT2D eigenvalue weighted by molar-refractivity contribution is 0.0743. The van der Waals surface area contributed by atoms with Gasteiger partial charge in [0, 0.05) is 27.8 Å². The van der Waals surface area contributed by atoms with Gasteiger partial charge in [0.05, 0.1) is 6.04 Å². The van der Waals surface area contributed by atoms with Gasteiger partial charge in [-0.15, -0.1) is 0 Å². The highest BCUT2D eigenvalue weighted by Crippen LogP contribution is 2.28. The summed E-state index contributed by atoms with van der Waals surface area (Å²) in [5, 5.41) is 0.653. The summed E-state index contributed by atoms with van der Waals surface area (Å²) < 4.78 is 0.779. The first-order valence-electron chi connectivity index (χ1n) is 6.48. The molecule has 0 aliphatic heterocycles. The number of nitrogens with zero attached hydrogens (tertiary/aromatic N) is 1. The van der Waals surface area contributed by atoms with Crippen molar-refractivity contribution in [2.24, 2.45) is 0 Å². The molecule has 1 unspecified atom stereocenters. The molecule has 0 saturated carbocycles. The number of carbonyl (C=O) groups is 1. The first kappa shape index (κ1) is 15.9. The smallest absolute Gasteiger partial charge is 0.254 e. The fourth-order valence-corrected chi connectivity index (χ4v) is 2.62. The number of halogens is 2. The number of nitrogens with two attached hydrogens (primary N) is 1. The summed E-state index contributed by atoms with van der Waals surface area (Å²) in [4.78, 5) is 14.2. The molecule has 2 N–H and O–H groups in total. The molecular weight excluding hydrogens is 352 g/mol. The van der Waals surface area contributed by atoms with E-state index in [0.717, 1.165) is 10.0 Å². The molecule has 0 bridgehead atoms. The van der Waals surface area contributed by atoms with Gasteiger partial charge in [-0.1, -0.05) is 29.8 Å². The number of amides is 1. The maximum Gasteiger partial charge on any atom is 0.254 e. The van der Waals surface area contributed by atoms with Crippen LogP contribution in [0.3, 0.4) is 0 Å². The molecular formula is C16H16BrClN2O. The van der Waals surface area contributed by atoms with Crippen LogP contribution in [0.5, 0.6) is 0 Å². The van der Waals surface area contributed by atoms with Crippen molar-refractivity contribution in [3.8, 4) is 0 Å². The molecule has 2 rings (SSSR count). The maximum atomic E-state index is 12.5. The van der Waals surface area contributed by atoms with Crippen LogP contribution in [0.1, 0.15) is 28.9 Å². The maximum absolute atomic E-state index is 12.5. The van der Waals surface area contributed by atoms with Gasteiger partial charge in [-0.05, 0) is 52.7 Å². The third-order valence-electron chi connectivity index (χ3n) is 3.50. The number of benzene rings is 2. The zero-order valence-electron chi connectivity index (χ0n) is 11.8. The van der Waals surface area contributed by atoms with E-state index in [-0.39, 0.29) is 11.9 Å². The molecule has 5 heteroatoms. The van der Waals surface area contributed by atoms with Crippen LogP contribution in [0.4, 0.5) is 5.69 Å². The van der Waals surface area contributed by atoms with E-state index >= 15 is 0 Å². The van der Waals surface area contributed by atoms with Gasteiger partial charge in [-0.3, -0.25) is 4.79 Å². The average Bonchev–Trinajstić information content (AvgIpc) is 2.48. The van der Waals surface area contributed by atoms with Crippen LogP contribution in [0, 0.1) is 0 Å². The summed E-state index contributed by atoms with van der Waals surface area (Å²) in [6, 6.07) is 12.6. The largest absolute Gasteiger partial charge is 0.398 e. The molecule has 0 aliphatic rings. The highest BCUT2D eigenvalue weighted by Gasteiger charge is 2.20. The lowest BCUT2D eigenvalue weighted by Crippen LogP contribution is -2.29. The summed E-state index contributed by atoms with van der Waals surface area (Å²) in [5.41, 5.74) is 7.84. The van der Waals surface area contributed by atoms with Crippen molar-refractivity contribution in [1.82, 2.24) is 4.90 Å². The highest BCUT2D eigenvalue weighted by molar-refractivity contribution is 9.10.